The maximum atomic E-state index is 12.2. The van der Waals surface area contributed by atoms with Gasteiger partial charge < -0.3 is 10.5 Å². The van der Waals surface area contributed by atoms with Crippen molar-refractivity contribution in [1.29, 1.82) is 0 Å². The molecular weight excluding hydrogens is 203 g/mol. The van der Waals surface area contributed by atoms with E-state index >= 15 is 0 Å². The molecule has 0 aliphatic heterocycles. The molecule has 1 unspecified atom stereocenters. The molecule has 1 aromatic rings. The molecule has 0 fully saturated rings. The summed E-state index contributed by atoms with van der Waals surface area (Å²) in [5, 5.41) is 1.73. The predicted octanol–water partition coefficient (Wildman–Crippen LogP) is 2.32. The Labute approximate surface area is 77.1 Å². The molecule has 6 heteroatoms. The van der Waals surface area contributed by atoms with E-state index in [4.69, 9.17) is 10.5 Å². The largest absolute Gasteiger partial charge is 0.487 e. The molecule has 0 amide bonds. The topological polar surface area (TPSA) is 35.2 Å². The monoisotopic (exact) mass is 211 g/mol. The predicted molar refractivity (Wildman–Crippen MR) is 43.9 cm³/mol. The van der Waals surface area contributed by atoms with E-state index < -0.39 is 12.2 Å². The molecule has 1 atom stereocenters. The number of hydrogen-bond donors (Lipinski definition) is 1. The smallest absolute Gasteiger partial charge is 0.407 e. The summed E-state index contributed by atoms with van der Waals surface area (Å²) in [5.74, 6) is 0. The molecule has 0 radical (unpaired) electrons. The van der Waals surface area contributed by atoms with Gasteiger partial charge in [0.25, 0.3) is 0 Å². The Bertz CT molecular complexity index is 284. The average Bonchev–Trinajstić information content (AvgIpc) is 2.48. The fourth-order valence-corrected chi connectivity index (χ4v) is 1.64. The van der Waals surface area contributed by atoms with Crippen LogP contribution in [0.25, 0.3) is 0 Å². The lowest BCUT2D eigenvalue weighted by molar-refractivity contribution is -0.149. The van der Waals surface area contributed by atoms with Crippen molar-refractivity contribution in [2.75, 3.05) is 7.11 Å². The SMILES string of the molecule is COc1sccc1C(N)C(F)(F)F. The number of alkyl halides is 3. The van der Waals surface area contributed by atoms with Crippen LogP contribution in [0.1, 0.15) is 11.6 Å². The van der Waals surface area contributed by atoms with Crippen molar-refractivity contribution in [1.82, 2.24) is 0 Å². The van der Waals surface area contributed by atoms with Crippen LogP contribution in [0.3, 0.4) is 0 Å². The van der Waals surface area contributed by atoms with Crippen LogP contribution in [0, 0.1) is 0 Å². The number of halogens is 3. The molecule has 2 N–H and O–H groups in total. The van der Waals surface area contributed by atoms with Crippen molar-refractivity contribution < 1.29 is 17.9 Å². The first-order chi connectivity index (χ1) is 5.96. The van der Waals surface area contributed by atoms with Gasteiger partial charge in [-0.25, -0.2) is 0 Å². The molecular formula is C7H8F3NOS. The first kappa shape index (κ1) is 10.3. The second-order valence-electron chi connectivity index (χ2n) is 2.39. The molecule has 0 bridgehead atoms. The van der Waals surface area contributed by atoms with E-state index in [-0.39, 0.29) is 10.6 Å². The highest BCUT2D eigenvalue weighted by Crippen LogP contribution is 2.38. The van der Waals surface area contributed by atoms with Gasteiger partial charge in [-0.3, -0.25) is 0 Å². The molecule has 2 nitrogen and oxygen atoms in total. The standard InChI is InChI=1S/C7H8F3NOS/c1-12-6-4(2-3-13-6)5(11)7(8,9)10/h2-3,5H,11H2,1H3. The Hall–Kier alpha value is -0.750. The quantitative estimate of drug-likeness (QED) is 0.814. The zero-order chi connectivity index (χ0) is 10.1. The minimum atomic E-state index is -4.42. The van der Waals surface area contributed by atoms with Crippen LogP contribution < -0.4 is 10.5 Å². The van der Waals surface area contributed by atoms with Crippen LogP contribution in [0.4, 0.5) is 13.2 Å². The van der Waals surface area contributed by atoms with E-state index in [2.05, 4.69) is 0 Å². The van der Waals surface area contributed by atoms with E-state index in [0.717, 1.165) is 11.3 Å². The molecule has 1 heterocycles. The van der Waals surface area contributed by atoms with Crippen LogP contribution in [-0.2, 0) is 0 Å². The normalized spacial score (nSPS) is 14.2. The van der Waals surface area contributed by atoms with Crippen LogP contribution in [0.5, 0.6) is 5.06 Å². The third kappa shape index (κ3) is 2.13. The Morgan fingerprint density at radius 1 is 1.54 bits per heavy atom. The second kappa shape index (κ2) is 3.55. The first-order valence-corrected chi connectivity index (χ1v) is 4.28. The van der Waals surface area contributed by atoms with E-state index in [0.29, 0.717) is 0 Å². The van der Waals surface area contributed by atoms with Crippen molar-refractivity contribution in [3.63, 3.8) is 0 Å². The summed E-state index contributed by atoms with van der Waals surface area (Å²) >= 11 is 1.09. The third-order valence-electron chi connectivity index (χ3n) is 1.53. The minimum Gasteiger partial charge on any atom is -0.487 e. The minimum absolute atomic E-state index is 0.0139. The molecule has 0 spiro atoms. The van der Waals surface area contributed by atoms with Gasteiger partial charge in [-0.2, -0.15) is 13.2 Å². The number of methoxy groups -OCH3 is 1. The summed E-state index contributed by atoms with van der Waals surface area (Å²) < 4.78 is 41.2. The van der Waals surface area contributed by atoms with Gasteiger partial charge >= 0.3 is 6.18 Å². The van der Waals surface area contributed by atoms with Crippen molar-refractivity contribution in [3.8, 4) is 5.06 Å². The summed E-state index contributed by atoms with van der Waals surface area (Å²) in [6.45, 7) is 0. The lowest BCUT2D eigenvalue weighted by Gasteiger charge is -2.15. The highest BCUT2D eigenvalue weighted by atomic mass is 32.1. The summed E-state index contributed by atoms with van der Waals surface area (Å²) in [4.78, 5) is 0. The molecule has 0 aliphatic carbocycles. The van der Waals surface area contributed by atoms with Gasteiger partial charge in [0.1, 0.15) is 6.04 Å². The van der Waals surface area contributed by atoms with E-state index in [1.807, 2.05) is 0 Å². The Morgan fingerprint density at radius 2 is 2.15 bits per heavy atom. The van der Waals surface area contributed by atoms with Gasteiger partial charge in [0.15, 0.2) is 5.06 Å². The highest BCUT2D eigenvalue weighted by molar-refractivity contribution is 7.12. The lowest BCUT2D eigenvalue weighted by Crippen LogP contribution is -2.28. The van der Waals surface area contributed by atoms with Gasteiger partial charge in [-0.1, -0.05) is 0 Å². The third-order valence-corrected chi connectivity index (χ3v) is 2.42. The Kier molecular flexibility index (Phi) is 2.82. The highest BCUT2D eigenvalue weighted by Gasteiger charge is 2.39. The molecule has 1 aromatic heterocycles. The zero-order valence-corrected chi connectivity index (χ0v) is 7.58. The number of thiophene rings is 1. The number of ether oxygens (including phenoxy) is 1. The number of hydrogen-bond acceptors (Lipinski definition) is 3. The van der Waals surface area contributed by atoms with E-state index in [1.54, 1.807) is 0 Å². The van der Waals surface area contributed by atoms with Crippen LogP contribution in [0.15, 0.2) is 11.4 Å². The summed E-state index contributed by atoms with van der Waals surface area (Å²) in [6, 6.07) is -0.643. The number of nitrogens with two attached hydrogens (primary N) is 1. The van der Waals surface area contributed by atoms with Crippen LogP contribution >= 0.6 is 11.3 Å². The molecule has 0 aromatic carbocycles. The first-order valence-electron chi connectivity index (χ1n) is 3.40. The van der Waals surface area contributed by atoms with Crippen LogP contribution in [0.2, 0.25) is 0 Å². The maximum absolute atomic E-state index is 12.2. The zero-order valence-electron chi connectivity index (χ0n) is 6.76. The fourth-order valence-electron chi connectivity index (χ4n) is 0.878. The molecule has 0 saturated carbocycles. The van der Waals surface area contributed by atoms with Crippen molar-refractivity contribution in [2.24, 2.45) is 5.73 Å². The molecule has 0 saturated heterocycles. The maximum Gasteiger partial charge on any atom is 0.407 e. The molecule has 13 heavy (non-hydrogen) atoms. The lowest BCUT2D eigenvalue weighted by atomic mass is 10.1. The van der Waals surface area contributed by atoms with E-state index in [9.17, 15) is 13.2 Å². The number of rotatable bonds is 2. The van der Waals surface area contributed by atoms with Crippen molar-refractivity contribution in [2.45, 2.75) is 12.2 Å². The Morgan fingerprint density at radius 3 is 2.62 bits per heavy atom. The summed E-state index contributed by atoms with van der Waals surface area (Å²) in [7, 11) is 1.32. The van der Waals surface area contributed by atoms with Crippen LogP contribution in [-0.4, -0.2) is 13.3 Å². The van der Waals surface area contributed by atoms with Gasteiger partial charge in [0.2, 0.25) is 0 Å². The van der Waals surface area contributed by atoms with Gasteiger partial charge in [-0.15, -0.1) is 11.3 Å². The Balaban J connectivity index is 2.94. The van der Waals surface area contributed by atoms with Crippen molar-refractivity contribution >= 4 is 11.3 Å². The molecule has 1 rings (SSSR count). The average molecular weight is 211 g/mol. The fraction of sp³-hybridized carbons (Fsp3) is 0.429. The summed E-state index contributed by atoms with van der Waals surface area (Å²) in [6.07, 6.45) is -4.42. The molecule has 0 aliphatic rings. The summed E-state index contributed by atoms with van der Waals surface area (Å²) in [5.41, 5.74) is 4.98. The van der Waals surface area contributed by atoms with Gasteiger partial charge in [0, 0.05) is 5.56 Å². The van der Waals surface area contributed by atoms with E-state index in [1.165, 1.54) is 18.6 Å². The molecule has 74 valence electrons. The second-order valence-corrected chi connectivity index (χ2v) is 3.27. The van der Waals surface area contributed by atoms with Crippen molar-refractivity contribution in [3.05, 3.63) is 17.0 Å². The van der Waals surface area contributed by atoms with Gasteiger partial charge in [-0.05, 0) is 11.4 Å². The van der Waals surface area contributed by atoms with Gasteiger partial charge in [0.05, 0.1) is 7.11 Å².